The predicted octanol–water partition coefficient (Wildman–Crippen LogP) is 5.13. The van der Waals surface area contributed by atoms with Gasteiger partial charge in [0.05, 0.1) is 28.6 Å². The zero-order valence-corrected chi connectivity index (χ0v) is 21.3. The van der Waals surface area contributed by atoms with Gasteiger partial charge in [0, 0.05) is 34.5 Å². The Hall–Kier alpha value is -3.94. The first kappa shape index (κ1) is 26.1. The molecule has 0 atom stereocenters. The number of ether oxygens (including phenoxy) is 1. The molecule has 3 aromatic heterocycles. The molecule has 0 bridgehead atoms. The van der Waals surface area contributed by atoms with Crippen LogP contribution >= 0.6 is 34.7 Å². The van der Waals surface area contributed by atoms with Crippen LogP contribution in [0.4, 0.5) is 21.0 Å². The van der Waals surface area contributed by atoms with E-state index in [1.54, 1.807) is 29.6 Å². The third-order valence-electron chi connectivity index (χ3n) is 4.88. The molecule has 4 aromatic rings. The molecule has 4 rings (SSSR count). The fourth-order valence-corrected chi connectivity index (χ4v) is 5.13. The molecule has 0 radical (unpaired) electrons. The lowest BCUT2D eigenvalue weighted by molar-refractivity contribution is 0.196. The Morgan fingerprint density at radius 2 is 2.00 bits per heavy atom. The van der Waals surface area contributed by atoms with Gasteiger partial charge in [0.15, 0.2) is 10.9 Å². The van der Waals surface area contributed by atoms with Gasteiger partial charge in [0.2, 0.25) is 5.88 Å². The van der Waals surface area contributed by atoms with Crippen molar-refractivity contribution in [2.45, 2.75) is 10.8 Å². The fraction of sp³-hybridized carbons (Fsp3) is 0.125. The van der Waals surface area contributed by atoms with Crippen LogP contribution in [0, 0.1) is 28.5 Å². The van der Waals surface area contributed by atoms with Crippen LogP contribution in [0.2, 0.25) is 5.02 Å². The van der Waals surface area contributed by atoms with Crippen LogP contribution in [0.5, 0.6) is 5.88 Å². The Labute approximate surface area is 224 Å². The molecule has 186 valence electrons. The van der Waals surface area contributed by atoms with Gasteiger partial charge < -0.3 is 20.9 Å². The molecule has 0 spiro atoms. The minimum Gasteiger partial charge on any atom is -0.475 e. The minimum atomic E-state index is -0.568. The molecule has 4 N–H and O–H groups in total. The van der Waals surface area contributed by atoms with Crippen molar-refractivity contribution in [2.24, 2.45) is 0 Å². The highest BCUT2D eigenvalue weighted by Crippen LogP contribution is 2.37. The monoisotopic (exact) mass is 553 g/mol. The quantitative estimate of drug-likeness (QED) is 0.238. The van der Waals surface area contributed by atoms with Crippen molar-refractivity contribution in [3.63, 3.8) is 0 Å². The van der Waals surface area contributed by atoms with Gasteiger partial charge in [-0.1, -0.05) is 29.4 Å². The number of pyridine rings is 2. The molecule has 0 unspecified atom stereocenters. The van der Waals surface area contributed by atoms with Crippen molar-refractivity contribution in [1.82, 2.24) is 15.0 Å². The van der Waals surface area contributed by atoms with Gasteiger partial charge in [-0.3, -0.25) is 0 Å². The third kappa shape index (κ3) is 5.90. The Morgan fingerprint density at radius 3 is 2.70 bits per heavy atom. The van der Waals surface area contributed by atoms with Crippen LogP contribution < -0.4 is 15.8 Å². The van der Waals surface area contributed by atoms with Crippen molar-refractivity contribution in [3.8, 4) is 29.1 Å². The number of benzene rings is 1. The summed E-state index contributed by atoms with van der Waals surface area (Å²) >= 11 is 8.35. The number of aliphatic hydroxyl groups excluding tert-OH is 1. The Balaban J connectivity index is 1.58. The van der Waals surface area contributed by atoms with E-state index in [0.29, 0.717) is 32.7 Å². The maximum absolute atomic E-state index is 14.2. The highest BCUT2D eigenvalue weighted by Gasteiger charge is 2.21. The summed E-state index contributed by atoms with van der Waals surface area (Å²) in [6.45, 7) is -0.0692. The van der Waals surface area contributed by atoms with Gasteiger partial charge in [0.1, 0.15) is 35.2 Å². The molecule has 3 heterocycles. The summed E-state index contributed by atoms with van der Waals surface area (Å²) in [4.78, 5) is 12.9. The SMILES string of the molecule is N#Cc1c(N)nc(SCc2csc(Nc3cccc(Cl)c3F)n2)c(C#N)c1-c1ccc(OCCO)nc1. The molecule has 0 amide bonds. The minimum absolute atomic E-state index is 0.00387. The standard InChI is InChI=1S/C24H17ClFN7O2S2/c25-17-2-1-3-18(21(17)26)32-24-31-14(12-37-24)11-36-23-16(9-28)20(15(8-27)22(29)33-23)13-4-5-19(30-10-13)35-7-6-34/h1-5,10,12,34H,6-7,11H2,(H2,29,33)(H,31,32). The molecule has 13 heteroatoms. The van der Waals surface area contributed by atoms with Crippen molar-refractivity contribution < 1.29 is 14.2 Å². The number of nitriles is 2. The van der Waals surface area contributed by atoms with E-state index in [2.05, 4.69) is 26.3 Å². The van der Waals surface area contributed by atoms with Crippen LogP contribution in [-0.4, -0.2) is 33.3 Å². The molecule has 9 nitrogen and oxygen atoms in total. The van der Waals surface area contributed by atoms with Gasteiger partial charge in [-0.25, -0.2) is 19.3 Å². The van der Waals surface area contributed by atoms with Gasteiger partial charge in [-0.15, -0.1) is 11.3 Å². The summed E-state index contributed by atoms with van der Waals surface area (Å²) in [6, 6.07) is 12.0. The average molecular weight is 554 g/mol. The number of thioether (sulfide) groups is 1. The molecule has 0 fully saturated rings. The van der Waals surface area contributed by atoms with Gasteiger partial charge in [-0.2, -0.15) is 10.5 Å². The number of hydrogen-bond acceptors (Lipinski definition) is 11. The number of rotatable bonds is 9. The molecule has 0 saturated heterocycles. The number of aromatic nitrogens is 3. The highest BCUT2D eigenvalue weighted by molar-refractivity contribution is 7.98. The van der Waals surface area contributed by atoms with Crippen molar-refractivity contribution in [1.29, 1.82) is 10.5 Å². The van der Waals surface area contributed by atoms with Gasteiger partial charge >= 0.3 is 0 Å². The summed E-state index contributed by atoms with van der Waals surface area (Å²) in [5, 5.41) is 34.1. The number of nitrogens with one attached hydrogen (secondary N) is 1. The number of halogens is 2. The second kappa shape index (κ2) is 11.9. The second-order valence-electron chi connectivity index (χ2n) is 7.27. The van der Waals surface area contributed by atoms with Crippen molar-refractivity contribution in [2.75, 3.05) is 24.3 Å². The molecular weight excluding hydrogens is 537 g/mol. The third-order valence-corrected chi connectivity index (χ3v) is 6.99. The van der Waals surface area contributed by atoms with Crippen LogP contribution in [0.1, 0.15) is 16.8 Å². The smallest absolute Gasteiger partial charge is 0.213 e. The van der Waals surface area contributed by atoms with E-state index in [4.69, 9.17) is 27.2 Å². The van der Waals surface area contributed by atoms with E-state index < -0.39 is 5.82 Å². The van der Waals surface area contributed by atoms with Gasteiger partial charge in [-0.05, 0) is 18.2 Å². The largest absolute Gasteiger partial charge is 0.475 e. The van der Waals surface area contributed by atoms with E-state index >= 15 is 0 Å². The lowest BCUT2D eigenvalue weighted by atomic mass is 9.98. The number of nitrogens with two attached hydrogens (primary N) is 1. The predicted molar refractivity (Wildman–Crippen MR) is 140 cm³/mol. The number of nitrogens with zero attached hydrogens (tertiary/aromatic N) is 5. The summed E-state index contributed by atoms with van der Waals surface area (Å²) in [5.41, 5.74) is 8.00. The maximum atomic E-state index is 14.2. The summed E-state index contributed by atoms with van der Waals surface area (Å²) in [5.74, 6) is 0.0458. The normalized spacial score (nSPS) is 10.5. The lowest BCUT2D eigenvalue weighted by Gasteiger charge is -2.13. The molecular formula is C24H17ClFN7O2S2. The fourth-order valence-electron chi connectivity index (χ4n) is 3.24. The van der Waals surface area contributed by atoms with Crippen LogP contribution in [0.25, 0.3) is 11.1 Å². The first-order valence-corrected chi connectivity index (χ1v) is 12.8. The molecule has 37 heavy (non-hydrogen) atoms. The molecule has 0 aliphatic carbocycles. The number of hydrogen-bond donors (Lipinski definition) is 3. The topological polar surface area (TPSA) is 154 Å². The van der Waals surface area contributed by atoms with E-state index in [1.165, 1.54) is 35.4 Å². The maximum Gasteiger partial charge on any atom is 0.213 e. The average Bonchev–Trinajstić information content (AvgIpc) is 3.36. The number of anilines is 3. The van der Waals surface area contributed by atoms with Crippen molar-refractivity contribution in [3.05, 3.63) is 69.6 Å². The van der Waals surface area contributed by atoms with Crippen molar-refractivity contribution >= 4 is 51.3 Å². The molecule has 0 aliphatic heterocycles. The zero-order chi connectivity index (χ0) is 26.4. The number of nitrogen functional groups attached to an aromatic ring is 1. The molecule has 0 aliphatic rings. The summed E-state index contributed by atoms with van der Waals surface area (Å²) < 4.78 is 19.5. The Bertz CT molecular complexity index is 1520. The van der Waals surface area contributed by atoms with E-state index in [9.17, 15) is 14.9 Å². The first-order valence-electron chi connectivity index (χ1n) is 10.6. The van der Waals surface area contributed by atoms with E-state index in [-0.39, 0.29) is 46.7 Å². The second-order valence-corrected chi connectivity index (χ2v) is 9.50. The van der Waals surface area contributed by atoms with Crippen LogP contribution in [0.15, 0.2) is 46.9 Å². The lowest BCUT2D eigenvalue weighted by Crippen LogP contribution is -2.05. The first-order chi connectivity index (χ1) is 17.9. The summed E-state index contributed by atoms with van der Waals surface area (Å²) in [7, 11) is 0. The van der Waals surface area contributed by atoms with E-state index in [1.807, 2.05) is 6.07 Å². The zero-order valence-electron chi connectivity index (χ0n) is 18.9. The van der Waals surface area contributed by atoms with Crippen LogP contribution in [0.3, 0.4) is 0 Å². The van der Waals surface area contributed by atoms with Crippen LogP contribution in [-0.2, 0) is 5.75 Å². The van der Waals surface area contributed by atoms with Gasteiger partial charge in [0.25, 0.3) is 0 Å². The molecule has 0 saturated carbocycles. The molecule has 1 aromatic carbocycles. The summed E-state index contributed by atoms with van der Waals surface area (Å²) in [6.07, 6.45) is 1.46. The Morgan fingerprint density at radius 1 is 1.19 bits per heavy atom. The number of aliphatic hydroxyl groups is 1. The Kier molecular flexibility index (Phi) is 8.38. The highest BCUT2D eigenvalue weighted by atomic mass is 35.5. The van der Waals surface area contributed by atoms with E-state index in [0.717, 1.165) is 0 Å². The number of thiazole rings is 1.